The smallest absolute Gasteiger partial charge is 0.0799 e. The molecule has 1 aliphatic heterocycles. The molecule has 0 aliphatic carbocycles. The van der Waals surface area contributed by atoms with Crippen molar-refractivity contribution in [2.75, 3.05) is 19.6 Å². The van der Waals surface area contributed by atoms with Crippen LogP contribution in [-0.2, 0) is 0 Å². The van der Waals surface area contributed by atoms with E-state index in [2.05, 4.69) is 13.8 Å². The minimum absolute atomic E-state index is 0. The van der Waals surface area contributed by atoms with Gasteiger partial charge in [-0.25, -0.2) is 0 Å². The number of nitrogens with one attached hydrogen (secondary N) is 1. The Hall–Kier alpha value is -0.110. The average Bonchev–Trinajstić information content (AvgIpc) is 2.41. The summed E-state index contributed by atoms with van der Waals surface area (Å²) in [5.41, 5.74) is 0. The van der Waals surface area contributed by atoms with Gasteiger partial charge in [0.15, 0.2) is 0 Å². The Labute approximate surface area is 120 Å². The predicted molar refractivity (Wildman–Crippen MR) is 81.2 cm³/mol. The molecule has 1 rings (SSSR count). The fraction of sp³-hybridized carbons (Fsp3) is 1.00. The summed E-state index contributed by atoms with van der Waals surface area (Å²) in [6.45, 7) is 9.01. The van der Waals surface area contributed by atoms with E-state index in [1.165, 1.54) is 90.3 Å². The molecule has 0 aromatic carbocycles. The molecule has 1 fully saturated rings. The second kappa shape index (κ2) is 12.9. The highest BCUT2D eigenvalue weighted by molar-refractivity contribution is 4.61. The van der Waals surface area contributed by atoms with Crippen LogP contribution in [0.5, 0.6) is 0 Å². The number of unbranched alkanes of at least 4 members (excludes halogenated alkanes) is 6. The zero-order valence-corrected chi connectivity index (χ0v) is 13.4. The van der Waals surface area contributed by atoms with Crippen molar-refractivity contribution in [3.63, 3.8) is 0 Å². The van der Waals surface area contributed by atoms with Crippen LogP contribution in [0.3, 0.4) is 0 Å². The van der Waals surface area contributed by atoms with Crippen molar-refractivity contribution < 1.29 is 9.60 Å². The lowest BCUT2D eigenvalue weighted by Crippen LogP contribution is -3.13. The largest absolute Gasteiger partial charge is 1.00 e. The molecular formula is C17H36FN. The van der Waals surface area contributed by atoms with E-state index in [-0.39, 0.29) is 4.70 Å². The third kappa shape index (κ3) is 9.43. The van der Waals surface area contributed by atoms with Crippen LogP contribution in [-0.4, -0.2) is 19.6 Å². The van der Waals surface area contributed by atoms with Crippen LogP contribution in [0.2, 0.25) is 0 Å². The number of hydrogen-bond donors (Lipinski definition) is 1. The van der Waals surface area contributed by atoms with Crippen LogP contribution in [0.25, 0.3) is 0 Å². The predicted octanol–water partition coefficient (Wildman–Crippen LogP) is 0.836. The minimum atomic E-state index is 0. The molecule has 0 amide bonds. The van der Waals surface area contributed by atoms with Crippen LogP contribution < -0.4 is 9.60 Å². The summed E-state index contributed by atoms with van der Waals surface area (Å²) in [5.74, 6) is 1.05. The molecule has 1 N–H and O–H groups in total. The molecule has 2 unspecified atom stereocenters. The van der Waals surface area contributed by atoms with Crippen molar-refractivity contribution in [3.05, 3.63) is 0 Å². The second-order valence-electron chi connectivity index (χ2n) is 6.37. The number of rotatable bonds is 10. The molecule has 0 radical (unpaired) electrons. The van der Waals surface area contributed by atoms with Gasteiger partial charge in [0.05, 0.1) is 19.6 Å². The standard InChI is InChI=1S/C17H35N.FH/c1-3-5-7-8-9-10-14-18-15-11-13-17(16-18)12-6-4-2;/h17H,3-16H2,1-2H3;1H. The van der Waals surface area contributed by atoms with Gasteiger partial charge in [0, 0.05) is 5.92 Å². The molecule has 1 nitrogen and oxygen atoms in total. The second-order valence-corrected chi connectivity index (χ2v) is 6.37. The van der Waals surface area contributed by atoms with E-state index in [4.69, 9.17) is 0 Å². The number of quaternary nitrogens is 1. The van der Waals surface area contributed by atoms with Gasteiger partial charge in [-0.1, -0.05) is 52.4 Å². The van der Waals surface area contributed by atoms with Gasteiger partial charge in [-0.3, -0.25) is 0 Å². The lowest BCUT2D eigenvalue weighted by Gasteiger charge is -2.30. The third-order valence-electron chi connectivity index (χ3n) is 4.57. The Kier molecular flexibility index (Phi) is 12.8. The normalized spacial score (nSPS) is 23.1. The fourth-order valence-electron chi connectivity index (χ4n) is 3.37. The first-order valence-electron chi connectivity index (χ1n) is 8.70. The van der Waals surface area contributed by atoms with Gasteiger partial charge in [-0.05, 0) is 32.1 Å². The van der Waals surface area contributed by atoms with E-state index in [9.17, 15) is 0 Å². The van der Waals surface area contributed by atoms with Gasteiger partial charge >= 0.3 is 0 Å². The van der Waals surface area contributed by atoms with Crippen molar-refractivity contribution in [1.29, 1.82) is 0 Å². The van der Waals surface area contributed by atoms with Gasteiger partial charge in [0.2, 0.25) is 0 Å². The molecule has 19 heavy (non-hydrogen) atoms. The maximum Gasteiger partial charge on any atom is 0.0799 e. The van der Waals surface area contributed by atoms with Crippen LogP contribution in [0.15, 0.2) is 0 Å². The third-order valence-corrected chi connectivity index (χ3v) is 4.57. The first-order valence-corrected chi connectivity index (χ1v) is 8.70. The lowest BCUT2D eigenvalue weighted by molar-refractivity contribution is -0.909. The molecule has 116 valence electrons. The Morgan fingerprint density at radius 1 is 0.895 bits per heavy atom. The Bertz CT molecular complexity index is 184. The average molecular weight is 273 g/mol. The SMILES string of the molecule is CCCCCCCC[NH+]1CCCC(CCCC)C1.[F-]. The van der Waals surface area contributed by atoms with E-state index in [0.717, 1.165) is 5.92 Å². The summed E-state index contributed by atoms with van der Waals surface area (Å²) in [4.78, 5) is 1.91. The summed E-state index contributed by atoms with van der Waals surface area (Å²) in [5, 5.41) is 0. The molecular weight excluding hydrogens is 237 g/mol. The molecule has 0 saturated carbocycles. The topological polar surface area (TPSA) is 4.44 Å². The van der Waals surface area contributed by atoms with Crippen molar-refractivity contribution in [2.24, 2.45) is 5.92 Å². The highest BCUT2D eigenvalue weighted by Gasteiger charge is 2.21. The summed E-state index contributed by atoms with van der Waals surface area (Å²) in [6.07, 6.45) is 16.0. The molecule has 1 heterocycles. The number of halogens is 1. The molecule has 2 atom stereocenters. The van der Waals surface area contributed by atoms with Crippen LogP contribution in [0, 0.1) is 5.92 Å². The Morgan fingerprint density at radius 2 is 1.58 bits per heavy atom. The van der Waals surface area contributed by atoms with E-state index in [1.54, 1.807) is 0 Å². The maximum absolute atomic E-state index is 2.32. The molecule has 0 aromatic heterocycles. The summed E-state index contributed by atoms with van der Waals surface area (Å²) >= 11 is 0. The number of piperidine rings is 1. The Morgan fingerprint density at radius 3 is 2.32 bits per heavy atom. The highest BCUT2D eigenvalue weighted by atomic mass is 19.0. The zero-order chi connectivity index (χ0) is 13.1. The summed E-state index contributed by atoms with van der Waals surface area (Å²) in [7, 11) is 0. The maximum atomic E-state index is 2.32. The van der Waals surface area contributed by atoms with Crippen molar-refractivity contribution in [1.82, 2.24) is 0 Å². The number of likely N-dealkylation sites (tertiary alicyclic amines) is 1. The lowest BCUT2D eigenvalue weighted by atomic mass is 9.93. The molecule has 1 saturated heterocycles. The van der Waals surface area contributed by atoms with E-state index < -0.39 is 0 Å². The van der Waals surface area contributed by atoms with Gasteiger partial charge in [-0.2, -0.15) is 0 Å². The van der Waals surface area contributed by atoms with E-state index in [0.29, 0.717) is 0 Å². The summed E-state index contributed by atoms with van der Waals surface area (Å²) < 4.78 is 0. The van der Waals surface area contributed by atoms with Crippen molar-refractivity contribution in [2.45, 2.75) is 84.5 Å². The van der Waals surface area contributed by atoms with Crippen molar-refractivity contribution >= 4 is 0 Å². The fourth-order valence-corrected chi connectivity index (χ4v) is 3.37. The molecule has 2 heteroatoms. The van der Waals surface area contributed by atoms with E-state index in [1.807, 2.05) is 4.90 Å². The first-order chi connectivity index (χ1) is 8.86. The molecule has 0 spiro atoms. The zero-order valence-electron chi connectivity index (χ0n) is 13.4. The van der Waals surface area contributed by atoms with Gasteiger partial charge in [0.25, 0.3) is 0 Å². The van der Waals surface area contributed by atoms with Gasteiger partial charge in [-0.15, -0.1) is 0 Å². The van der Waals surface area contributed by atoms with Crippen LogP contribution >= 0.6 is 0 Å². The van der Waals surface area contributed by atoms with Gasteiger partial charge in [0.1, 0.15) is 0 Å². The molecule has 0 aromatic rings. The van der Waals surface area contributed by atoms with Crippen molar-refractivity contribution in [3.8, 4) is 0 Å². The highest BCUT2D eigenvalue weighted by Crippen LogP contribution is 2.15. The monoisotopic (exact) mass is 273 g/mol. The van der Waals surface area contributed by atoms with Crippen LogP contribution in [0.1, 0.15) is 84.5 Å². The van der Waals surface area contributed by atoms with E-state index >= 15 is 0 Å². The minimum Gasteiger partial charge on any atom is -1.00 e. The van der Waals surface area contributed by atoms with Gasteiger partial charge < -0.3 is 9.60 Å². The summed E-state index contributed by atoms with van der Waals surface area (Å²) in [6, 6.07) is 0. The Balaban J connectivity index is 0.00000324. The molecule has 1 aliphatic rings. The molecule has 0 bridgehead atoms. The number of hydrogen-bond acceptors (Lipinski definition) is 0. The first kappa shape index (κ1) is 18.9. The quantitative estimate of drug-likeness (QED) is 0.563. The van der Waals surface area contributed by atoms with Crippen LogP contribution in [0.4, 0.5) is 0 Å².